The Labute approximate surface area is 183 Å². The standard InChI is InChI=1S/C22H26N4O.2ClH/c27-21(9-6-16-10-12-23-13-11-16)26-22(17-4-2-1-3-5-17)18-7-8-19-20(14-18)25-15-24-19;;/h1-5,7-8,14-16,22-23H,6,9-13H2,(H,24,25)(H,26,27);2*1H. The van der Waals surface area contributed by atoms with E-state index in [4.69, 9.17) is 0 Å². The van der Waals surface area contributed by atoms with Crippen LogP contribution in [0, 0.1) is 5.92 Å². The third kappa shape index (κ3) is 5.95. The van der Waals surface area contributed by atoms with Crippen molar-refractivity contribution >= 4 is 41.8 Å². The minimum Gasteiger partial charge on any atom is -0.345 e. The molecular formula is C22H28Cl2N4O. The van der Waals surface area contributed by atoms with Crippen molar-refractivity contribution in [3.05, 3.63) is 66.0 Å². The molecular weight excluding hydrogens is 407 g/mol. The van der Waals surface area contributed by atoms with Crippen LogP contribution in [0.4, 0.5) is 0 Å². The molecule has 0 saturated carbocycles. The second kappa shape index (κ2) is 11.2. The summed E-state index contributed by atoms with van der Waals surface area (Å²) in [5, 5.41) is 6.64. The summed E-state index contributed by atoms with van der Waals surface area (Å²) >= 11 is 0. The first-order valence-electron chi connectivity index (χ1n) is 9.77. The van der Waals surface area contributed by atoms with Gasteiger partial charge in [0, 0.05) is 6.42 Å². The zero-order valence-corrected chi connectivity index (χ0v) is 17.9. The lowest BCUT2D eigenvalue weighted by Crippen LogP contribution is -2.31. The Morgan fingerprint density at radius 2 is 1.83 bits per heavy atom. The minimum absolute atomic E-state index is 0. The van der Waals surface area contributed by atoms with Crippen LogP contribution in [0.25, 0.3) is 11.0 Å². The van der Waals surface area contributed by atoms with Crippen molar-refractivity contribution in [1.82, 2.24) is 20.6 Å². The second-order valence-corrected chi connectivity index (χ2v) is 7.32. The summed E-state index contributed by atoms with van der Waals surface area (Å²) in [5.41, 5.74) is 4.07. The smallest absolute Gasteiger partial charge is 0.220 e. The van der Waals surface area contributed by atoms with Gasteiger partial charge in [-0.1, -0.05) is 36.4 Å². The van der Waals surface area contributed by atoms with Gasteiger partial charge in [-0.25, -0.2) is 4.98 Å². The second-order valence-electron chi connectivity index (χ2n) is 7.32. The summed E-state index contributed by atoms with van der Waals surface area (Å²) in [6.45, 7) is 2.15. The van der Waals surface area contributed by atoms with Gasteiger partial charge in [-0.15, -0.1) is 24.8 Å². The van der Waals surface area contributed by atoms with Crippen molar-refractivity contribution in [2.45, 2.75) is 31.7 Å². The number of amides is 1. The van der Waals surface area contributed by atoms with Crippen LogP contribution < -0.4 is 10.6 Å². The van der Waals surface area contributed by atoms with Gasteiger partial charge in [-0.3, -0.25) is 4.79 Å². The van der Waals surface area contributed by atoms with E-state index in [0.29, 0.717) is 12.3 Å². The molecule has 1 aromatic heterocycles. The van der Waals surface area contributed by atoms with Gasteiger partial charge in [-0.05, 0) is 61.5 Å². The number of piperidine rings is 1. The molecule has 1 fully saturated rings. The molecule has 0 radical (unpaired) electrons. The van der Waals surface area contributed by atoms with Crippen LogP contribution in [0.1, 0.15) is 42.9 Å². The summed E-state index contributed by atoms with van der Waals surface area (Å²) in [6.07, 6.45) is 5.59. The predicted molar refractivity (Wildman–Crippen MR) is 122 cm³/mol. The van der Waals surface area contributed by atoms with Crippen LogP contribution in [0.5, 0.6) is 0 Å². The number of halogens is 2. The molecule has 3 aromatic rings. The quantitative estimate of drug-likeness (QED) is 0.538. The number of nitrogens with one attached hydrogen (secondary N) is 3. The highest BCUT2D eigenvalue weighted by Gasteiger charge is 2.19. The van der Waals surface area contributed by atoms with E-state index in [2.05, 4.69) is 38.8 Å². The summed E-state index contributed by atoms with van der Waals surface area (Å²) < 4.78 is 0. The van der Waals surface area contributed by atoms with Crippen molar-refractivity contribution in [3.63, 3.8) is 0 Å². The maximum absolute atomic E-state index is 12.7. The van der Waals surface area contributed by atoms with E-state index in [1.165, 1.54) is 12.8 Å². The van der Waals surface area contributed by atoms with E-state index in [1.807, 2.05) is 30.3 Å². The van der Waals surface area contributed by atoms with Gasteiger partial charge in [0.25, 0.3) is 0 Å². The third-order valence-electron chi connectivity index (χ3n) is 5.45. The Bertz CT molecular complexity index is 894. The fourth-order valence-corrected chi connectivity index (χ4v) is 3.88. The topological polar surface area (TPSA) is 69.8 Å². The molecule has 7 heteroatoms. The van der Waals surface area contributed by atoms with Crippen LogP contribution in [0.3, 0.4) is 0 Å². The molecule has 0 spiro atoms. The van der Waals surface area contributed by atoms with Crippen molar-refractivity contribution in [2.75, 3.05) is 13.1 Å². The molecule has 1 saturated heterocycles. The number of hydrogen-bond donors (Lipinski definition) is 3. The lowest BCUT2D eigenvalue weighted by atomic mass is 9.92. The van der Waals surface area contributed by atoms with Crippen molar-refractivity contribution in [1.29, 1.82) is 0 Å². The maximum atomic E-state index is 12.7. The zero-order chi connectivity index (χ0) is 18.5. The van der Waals surface area contributed by atoms with Gasteiger partial charge < -0.3 is 15.6 Å². The van der Waals surface area contributed by atoms with E-state index in [9.17, 15) is 4.79 Å². The molecule has 5 nitrogen and oxygen atoms in total. The van der Waals surface area contributed by atoms with Crippen LogP contribution in [0.2, 0.25) is 0 Å². The van der Waals surface area contributed by atoms with Crippen LogP contribution in [0.15, 0.2) is 54.9 Å². The lowest BCUT2D eigenvalue weighted by molar-refractivity contribution is -0.121. The third-order valence-corrected chi connectivity index (χ3v) is 5.45. The van der Waals surface area contributed by atoms with E-state index in [-0.39, 0.29) is 36.8 Å². The Hall–Kier alpha value is -2.08. The molecule has 1 unspecified atom stereocenters. The summed E-state index contributed by atoms with van der Waals surface area (Å²) in [4.78, 5) is 20.2. The summed E-state index contributed by atoms with van der Waals surface area (Å²) in [7, 11) is 0. The van der Waals surface area contributed by atoms with Crippen LogP contribution in [-0.2, 0) is 4.79 Å². The number of carbonyl (C=O) groups excluding carboxylic acids is 1. The fourth-order valence-electron chi connectivity index (χ4n) is 3.88. The zero-order valence-electron chi connectivity index (χ0n) is 16.3. The molecule has 0 bridgehead atoms. The van der Waals surface area contributed by atoms with Crippen molar-refractivity contribution < 1.29 is 4.79 Å². The van der Waals surface area contributed by atoms with Crippen LogP contribution in [-0.4, -0.2) is 29.0 Å². The molecule has 3 N–H and O–H groups in total. The highest BCUT2D eigenvalue weighted by molar-refractivity contribution is 5.85. The van der Waals surface area contributed by atoms with E-state index < -0.39 is 0 Å². The number of nitrogens with zero attached hydrogens (tertiary/aromatic N) is 1. The van der Waals surface area contributed by atoms with E-state index in [1.54, 1.807) is 6.33 Å². The van der Waals surface area contributed by atoms with Gasteiger partial charge in [0.2, 0.25) is 5.91 Å². The number of imidazole rings is 1. The van der Waals surface area contributed by atoms with Gasteiger partial charge in [-0.2, -0.15) is 0 Å². The first kappa shape index (κ1) is 23.2. The number of rotatable bonds is 6. The summed E-state index contributed by atoms with van der Waals surface area (Å²) in [6, 6.07) is 16.1. The van der Waals surface area contributed by atoms with E-state index in [0.717, 1.165) is 41.7 Å². The van der Waals surface area contributed by atoms with Crippen LogP contribution >= 0.6 is 24.8 Å². The molecule has 1 aliphatic rings. The van der Waals surface area contributed by atoms with Crippen molar-refractivity contribution in [2.24, 2.45) is 5.92 Å². The molecule has 4 rings (SSSR count). The number of benzene rings is 2. The highest BCUT2D eigenvalue weighted by Crippen LogP contribution is 2.25. The number of H-pyrrole nitrogens is 1. The van der Waals surface area contributed by atoms with Gasteiger partial charge in [0.05, 0.1) is 23.4 Å². The number of fused-ring (bicyclic) bond motifs is 1. The summed E-state index contributed by atoms with van der Waals surface area (Å²) in [5.74, 6) is 0.778. The minimum atomic E-state index is -0.153. The molecule has 2 aromatic carbocycles. The first-order chi connectivity index (χ1) is 13.3. The number of hydrogen-bond acceptors (Lipinski definition) is 3. The normalized spacial score (nSPS) is 15.2. The Morgan fingerprint density at radius 3 is 2.59 bits per heavy atom. The van der Waals surface area contributed by atoms with Gasteiger partial charge in [0.15, 0.2) is 0 Å². The predicted octanol–water partition coefficient (Wildman–Crippen LogP) is 4.39. The Kier molecular flexibility index (Phi) is 8.96. The van der Waals surface area contributed by atoms with Gasteiger partial charge in [0.1, 0.15) is 0 Å². The van der Waals surface area contributed by atoms with Crippen molar-refractivity contribution in [3.8, 4) is 0 Å². The first-order valence-corrected chi connectivity index (χ1v) is 9.77. The molecule has 1 amide bonds. The molecule has 156 valence electrons. The average molecular weight is 435 g/mol. The molecule has 2 heterocycles. The molecule has 0 aliphatic carbocycles. The molecule has 1 atom stereocenters. The molecule has 29 heavy (non-hydrogen) atoms. The molecule has 1 aliphatic heterocycles. The van der Waals surface area contributed by atoms with Gasteiger partial charge >= 0.3 is 0 Å². The number of carbonyl (C=O) groups is 1. The SMILES string of the molecule is Cl.Cl.O=C(CCC1CCNCC1)NC(c1ccccc1)c1ccc2nc[nH]c2c1. The largest absolute Gasteiger partial charge is 0.345 e. The fraction of sp³-hybridized carbons (Fsp3) is 0.364. The Morgan fingerprint density at radius 1 is 1.07 bits per heavy atom. The highest BCUT2D eigenvalue weighted by atomic mass is 35.5. The average Bonchev–Trinajstić information content (AvgIpc) is 3.20. The van der Waals surface area contributed by atoms with E-state index >= 15 is 0 Å². The lowest BCUT2D eigenvalue weighted by Gasteiger charge is -2.23. The number of aromatic nitrogens is 2. The number of aromatic amines is 1. The maximum Gasteiger partial charge on any atom is 0.220 e. The monoisotopic (exact) mass is 434 g/mol. The Balaban J connectivity index is 0.00000150.